The van der Waals surface area contributed by atoms with Crippen LogP contribution in [-0.4, -0.2) is 23.0 Å². The van der Waals surface area contributed by atoms with Gasteiger partial charge in [-0.3, -0.25) is 4.79 Å². The third kappa shape index (κ3) is 3.33. The Bertz CT molecular complexity index is 981. The van der Waals surface area contributed by atoms with Crippen LogP contribution in [0, 0.1) is 13.8 Å². The van der Waals surface area contributed by atoms with E-state index in [4.69, 9.17) is 4.74 Å². The second-order valence-electron chi connectivity index (χ2n) is 6.56. The lowest BCUT2D eigenvalue weighted by molar-refractivity contribution is 0.0376. The number of fused-ring (bicyclic) bond motifs is 1. The maximum absolute atomic E-state index is 12.8. The number of ether oxygens (including phenoxy) is 1. The zero-order chi connectivity index (χ0) is 18.8. The van der Waals surface area contributed by atoms with Crippen molar-refractivity contribution in [3.63, 3.8) is 0 Å². The van der Waals surface area contributed by atoms with E-state index >= 15 is 0 Å². The Labute approximate surface area is 152 Å². The number of H-pyrrole nitrogens is 1. The van der Waals surface area contributed by atoms with Gasteiger partial charge in [0.25, 0.3) is 5.91 Å². The predicted molar refractivity (Wildman–Crippen MR) is 103 cm³/mol. The SMILES string of the molecule is Cc1[nH]c(C(=O)Nc2cccc3ccccc23)c(C)c1C(=O)OC(C)C. The van der Waals surface area contributed by atoms with Crippen LogP contribution in [0.2, 0.25) is 0 Å². The molecule has 0 aliphatic heterocycles. The second-order valence-corrected chi connectivity index (χ2v) is 6.56. The second kappa shape index (κ2) is 7.04. The van der Waals surface area contributed by atoms with Crippen LogP contribution in [0.1, 0.15) is 46.0 Å². The van der Waals surface area contributed by atoms with Gasteiger partial charge in [0.1, 0.15) is 5.69 Å². The number of aromatic nitrogens is 1. The van der Waals surface area contributed by atoms with Gasteiger partial charge in [0, 0.05) is 16.8 Å². The van der Waals surface area contributed by atoms with E-state index in [9.17, 15) is 9.59 Å². The van der Waals surface area contributed by atoms with E-state index in [1.807, 2.05) is 42.5 Å². The van der Waals surface area contributed by atoms with Crippen LogP contribution < -0.4 is 5.32 Å². The molecule has 1 aromatic heterocycles. The number of carbonyl (C=O) groups excluding carboxylic acids is 2. The molecule has 26 heavy (non-hydrogen) atoms. The lowest BCUT2D eigenvalue weighted by Crippen LogP contribution is -2.15. The van der Waals surface area contributed by atoms with Crippen LogP contribution in [0.25, 0.3) is 10.8 Å². The number of hydrogen-bond donors (Lipinski definition) is 2. The molecule has 0 aliphatic rings. The van der Waals surface area contributed by atoms with Crippen LogP contribution in [-0.2, 0) is 4.74 Å². The number of anilines is 1. The summed E-state index contributed by atoms with van der Waals surface area (Å²) in [5.41, 5.74) is 2.72. The highest BCUT2D eigenvalue weighted by Gasteiger charge is 2.23. The van der Waals surface area contributed by atoms with E-state index in [-0.39, 0.29) is 12.0 Å². The van der Waals surface area contributed by atoms with Crippen molar-refractivity contribution >= 4 is 28.3 Å². The predicted octanol–water partition coefficient (Wildman–Crippen LogP) is 4.60. The molecule has 3 aromatic rings. The molecule has 0 radical (unpaired) electrons. The summed E-state index contributed by atoms with van der Waals surface area (Å²) >= 11 is 0. The minimum absolute atomic E-state index is 0.218. The van der Waals surface area contributed by atoms with Crippen LogP contribution >= 0.6 is 0 Å². The third-order valence-corrected chi connectivity index (χ3v) is 4.25. The molecule has 0 saturated carbocycles. The third-order valence-electron chi connectivity index (χ3n) is 4.25. The van der Waals surface area contributed by atoms with Crippen LogP contribution in [0.4, 0.5) is 5.69 Å². The number of amides is 1. The van der Waals surface area contributed by atoms with Gasteiger partial charge >= 0.3 is 5.97 Å². The first-order valence-electron chi connectivity index (χ1n) is 8.57. The summed E-state index contributed by atoms with van der Waals surface area (Å²) in [6.45, 7) is 7.10. The smallest absolute Gasteiger partial charge is 0.340 e. The van der Waals surface area contributed by atoms with Gasteiger partial charge < -0.3 is 15.0 Å². The number of benzene rings is 2. The fourth-order valence-corrected chi connectivity index (χ4v) is 3.08. The van der Waals surface area contributed by atoms with Gasteiger partial charge in [-0.2, -0.15) is 0 Å². The van der Waals surface area contributed by atoms with Crippen molar-refractivity contribution < 1.29 is 14.3 Å². The molecular formula is C21H22N2O3. The number of aryl methyl sites for hydroxylation is 1. The van der Waals surface area contributed by atoms with E-state index < -0.39 is 5.97 Å². The van der Waals surface area contributed by atoms with Crippen LogP contribution in [0.3, 0.4) is 0 Å². The molecule has 5 nitrogen and oxygen atoms in total. The van der Waals surface area contributed by atoms with Gasteiger partial charge in [-0.25, -0.2) is 4.79 Å². The summed E-state index contributed by atoms with van der Waals surface area (Å²) in [5.74, 6) is -0.707. The van der Waals surface area contributed by atoms with Crippen molar-refractivity contribution in [2.75, 3.05) is 5.32 Å². The molecule has 0 aliphatic carbocycles. The Morgan fingerprint density at radius 2 is 1.73 bits per heavy atom. The first kappa shape index (κ1) is 17.7. The Morgan fingerprint density at radius 3 is 2.46 bits per heavy atom. The highest BCUT2D eigenvalue weighted by Crippen LogP contribution is 2.25. The number of aromatic amines is 1. The number of nitrogens with one attached hydrogen (secondary N) is 2. The van der Waals surface area contributed by atoms with Gasteiger partial charge in [-0.05, 0) is 44.7 Å². The van der Waals surface area contributed by atoms with Crippen molar-refractivity contribution in [1.29, 1.82) is 0 Å². The Kier molecular flexibility index (Phi) is 4.80. The van der Waals surface area contributed by atoms with E-state index in [0.29, 0.717) is 22.5 Å². The first-order valence-corrected chi connectivity index (χ1v) is 8.57. The zero-order valence-electron chi connectivity index (χ0n) is 15.3. The topological polar surface area (TPSA) is 71.2 Å². The Balaban J connectivity index is 1.92. The van der Waals surface area contributed by atoms with E-state index in [1.165, 1.54) is 0 Å². The van der Waals surface area contributed by atoms with Crippen LogP contribution in [0.15, 0.2) is 42.5 Å². The van der Waals surface area contributed by atoms with Crippen molar-refractivity contribution in [2.45, 2.75) is 33.8 Å². The molecule has 5 heteroatoms. The molecule has 0 bridgehead atoms. The minimum Gasteiger partial charge on any atom is -0.459 e. The summed E-state index contributed by atoms with van der Waals surface area (Å²) < 4.78 is 5.28. The molecule has 134 valence electrons. The molecule has 0 fully saturated rings. The molecular weight excluding hydrogens is 328 g/mol. The Hall–Kier alpha value is -3.08. The lowest BCUT2D eigenvalue weighted by Gasteiger charge is -2.09. The van der Waals surface area contributed by atoms with E-state index in [1.54, 1.807) is 27.7 Å². The molecule has 0 unspecified atom stereocenters. The average Bonchev–Trinajstić information content (AvgIpc) is 2.89. The molecule has 2 aromatic carbocycles. The lowest BCUT2D eigenvalue weighted by atomic mass is 10.1. The first-order chi connectivity index (χ1) is 12.4. The van der Waals surface area contributed by atoms with Gasteiger partial charge in [-0.15, -0.1) is 0 Å². The fourth-order valence-electron chi connectivity index (χ4n) is 3.08. The molecule has 1 amide bonds. The molecule has 0 spiro atoms. The highest BCUT2D eigenvalue weighted by molar-refractivity contribution is 6.10. The fraction of sp³-hybridized carbons (Fsp3) is 0.238. The van der Waals surface area contributed by atoms with Crippen molar-refractivity contribution in [3.8, 4) is 0 Å². The quantitative estimate of drug-likeness (QED) is 0.675. The molecule has 1 heterocycles. The van der Waals surface area contributed by atoms with Crippen LogP contribution in [0.5, 0.6) is 0 Å². The summed E-state index contributed by atoms with van der Waals surface area (Å²) in [6, 6.07) is 13.6. The average molecular weight is 350 g/mol. The highest BCUT2D eigenvalue weighted by atomic mass is 16.5. The van der Waals surface area contributed by atoms with Crippen molar-refractivity contribution in [2.24, 2.45) is 0 Å². The van der Waals surface area contributed by atoms with Gasteiger partial charge in [-0.1, -0.05) is 36.4 Å². The molecule has 0 saturated heterocycles. The molecule has 0 atom stereocenters. The molecule has 3 rings (SSSR count). The van der Waals surface area contributed by atoms with Gasteiger partial charge in [0.2, 0.25) is 0 Å². The summed E-state index contributed by atoms with van der Waals surface area (Å²) in [6.07, 6.45) is -0.218. The van der Waals surface area contributed by atoms with E-state index in [0.717, 1.165) is 16.5 Å². The zero-order valence-corrected chi connectivity index (χ0v) is 15.3. The summed E-state index contributed by atoms with van der Waals surface area (Å²) in [7, 11) is 0. The number of carbonyl (C=O) groups is 2. The minimum atomic E-state index is -0.421. The maximum atomic E-state index is 12.8. The number of hydrogen-bond acceptors (Lipinski definition) is 3. The normalized spacial score (nSPS) is 11.0. The monoisotopic (exact) mass is 350 g/mol. The van der Waals surface area contributed by atoms with Gasteiger partial charge in [0.15, 0.2) is 0 Å². The van der Waals surface area contributed by atoms with E-state index in [2.05, 4.69) is 10.3 Å². The summed E-state index contributed by atoms with van der Waals surface area (Å²) in [5, 5.41) is 4.95. The van der Waals surface area contributed by atoms with Crippen molar-refractivity contribution in [1.82, 2.24) is 4.98 Å². The maximum Gasteiger partial charge on any atom is 0.340 e. The standard InChI is InChI=1S/C21H22N2O3/c1-12(2)26-21(25)18-13(3)19(22-14(18)4)20(24)23-17-11-7-9-15-8-5-6-10-16(15)17/h5-12,22H,1-4H3,(H,23,24). The van der Waals surface area contributed by atoms with Gasteiger partial charge in [0.05, 0.1) is 11.7 Å². The van der Waals surface area contributed by atoms with Crippen molar-refractivity contribution in [3.05, 3.63) is 65.0 Å². The number of esters is 1. The Morgan fingerprint density at radius 1 is 1.04 bits per heavy atom. The number of rotatable bonds is 4. The summed E-state index contributed by atoms with van der Waals surface area (Å²) in [4.78, 5) is 28.1. The largest absolute Gasteiger partial charge is 0.459 e. The molecule has 2 N–H and O–H groups in total.